The Morgan fingerprint density at radius 2 is 1.40 bits per heavy atom. The molecule has 0 fully saturated rings. The molecule has 0 aliphatic heterocycles. The minimum Gasteiger partial charge on any atom is -0.435 e. The van der Waals surface area contributed by atoms with E-state index in [1.54, 1.807) is 6.08 Å². The zero-order valence-corrected chi connectivity index (χ0v) is 13.4. The Kier molecular flexibility index (Phi) is 15.2. The SMILES string of the molecule is CCCCCCCCCCCC/C=C/C=COC(C)=O. The molecule has 0 rings (SSSR count). The van der Waals surface area contributed by atoms with Crippen molar-refractivity contribution in [3.8, 4) is 0 Å². The molecule has 0 spiro atoms. The number of carbonyl (C=O) groups excluding carboxylic acids is 1. The van der Waals surface area contributed by atoms with Crippen molar-refractivity contribution in [1.82, 2.24) is 0 Å². The molecule has 0 bridgehead atoms. The average Bonchev–Trinajstić information content (AvgIpc) is 2.43. The second-order valence-electron chi connectivity index (χ2n) is 5.34. The van der Waals surface area contributed by atoms with Gasteiger partial charge in [-0.3, -0.25) is 4.79 Å². The first-order valence-electron chi connectivity index (χ1n) is 8.26. The largest absolute Gasteiger partial charge is 0.435 e. The number of allylic oxidation sites excluding steroid dienone is 3. The molecule has 0 heterocycles. The van der Waals surface area contributed by atoms with E-state index in [4.69, 9.17) is 0 Å². The maximum atomic E-state index is 10.5. The first-order valence-corrected chi connectivity index (χ1v) is 8.26. The van der Waals surface area contributed by atoms with Gasteiger partial charge in [0.1, 0.15) is 0 Å². The van der Waals surface area contributed by atoms with Crippen LogP contribution in [0.2, 0.25) is 0 Å². The van der Waals surface area contributed by atoms with Crippen molar-refractivity contribution in [2.24, 2.45) is 0 Å². The van der Waals surface area contributed by atoms with Crippen LogP contribution in [0.15, 0.2) is 24.5 Å². The smallest absolute Gasteiger partial charge is 0.307 e. The molecule has 0 atom stereocenters. The number of unbranched alkanes of at least 4 members (excludes halogenated alkanes) is 10. The van der Waals surface area contributed by atoms with Crippen LogP contribution in [0.5, 0.6) is 0 Å². The summed E-state index contributed by atoms with van der Waals surface area (Å²) < 4.78 is 4.68. The van der Waals surface area contributed by atoms with Gasteiger partial charge in [-0.05, 0) is 18.9 Å². The van der Waals surface area contributed by atoms with Crippen molar-refractivity contribution >= 4 is 5.97 Å². The normalized spacial score (nSPS) is 11.5. The van der Waals surface area contributed by atoms with E-state index in [0.717, 1.165) is 6.42 Å². The van der Waals surface area contributed by atoms with Gasteiger partial charge >= 0.3 is 5.97 Å². The molecule has 116 valence electrons. The van der Waals surface area contributed by atoms with Crippen molar-refractivity contribution in [2.75, 3.05) is 0 Å². The van der Waals surface area contributed by atoms with E-state index in [0.29, 0.717) is 0 Å². The van der Waals surface area contributed by atoms with Crippen LogP contribution in [-0.2, 0) is 9.53 Å². The van der Waals surface area contributed by atoms with Crippen LogP contribution < -0.4 is 0 Å². The fourth-order valence-electron chi connectivity index (χ4n) is 2.10. The summed E-state index contributed by atoms with van der Waals surface area (Å²) in [7, 11) is 0. The molecule has 0 radical (unpaired) electrons. The lowest BCUT2D eigenvalue weighted by molar-refractivity contribution is -0.135. The molecule has 2 nitrogen and oxygen atoms in total. The molecule has 0 aliphatic rings. The Balaban J connectivity index is 3.14. The monoisotopic (exact) mass is 280 g/mol. The molecule has 0 aromatic heterocycles. The van der Waals surface area contributed by atoms with Gasteiger partial charge in [0, 0.05) is 6.92 Å². The maximum absolute atomic E-state index is 10.5. The fraction of sp³-hybridized carbons (Fsp3) is 0.722. The molecular weight excluding hydrogens is 248 g/mol. The predicted octanol–water partition coefficient (Wildman–Crippen LogP) is 5.93. The zero-order valence-electron chi connectivity index (χ0n) is 13.4. The lowest BCUT2D eigenvalue weighted by Gasteiger charge is -2.01. The van der Waals surface area contributed by atoms with E-state index in [9.17, 15) is 4.79 Å². The van der Waals surface area contributed by atoms with Crippen LogP contribution in [0, 0.1) is 0 Å². The summed E-state index contributed by atoms with van der Waals surface area (Å²) in [5.41, 5.74) is 0. The second-order valence-corrected chi connectivity index (χ2v) is 5.34. The van der Waals surface area contributed by atoms with E-state index in [1.807, 2.05) is 6.08 Å². The minimum atomic E-state index is -0.274. The van der Waals surface area contributed by atoms with E-state index in [1.165, 1.54) is 77.4 Å². The van der Waals surface area contributed by atoms with Crippen LogP contribution in [-0.4, -0.2) is 5.97 Å². The lowest BCUT2D eigenvalue weighted by Crippen LogP contribution is -1.88. The Morgan fingerprint density at radius 3 is 1.95 bits per heavy atom. The molecule has 0 aromatic carbocycles. The van der Waals surface area contributed by atoms with Gasteiger partial charge in [-0.15, -0.1) is 0 Å². The molecule has 0 saturated heterocycles. The van der Waals surface area contributed by atoms with Gasteiger partial charge in [0.25, 0.3) is 0 Å². The van der Waals surface area contributed by atoms with Crippen LogP contribution >= 0.6 is 0 Å². The molecule has 2 heteroatoms. The Labute approximate surface area is 125 Å². The van der Waals surface area contributed by atoms with Crippen LogP contribution in [0.25, 0.3) is 0 Å². The molecule has 0 saturated carbocycles. The molecule has 20 heavy (non-hydrogen) atoms. The highest BCUT2D eigenvalue weighted by atomic mass is 16.5. The second kappa shape index (κ2) is 16.0. The number of esters is 1. The molecular formula is C18H32O2. The van der Waals surface area contributed by atoms with E-state index in [2.05, 4.69) is 17.7 Å². The zero-order chi connectivity index (χ0) is 14.9. The number of ether oxygens (including phenoxy) is 1. The van der Waals surface area contributed by atoms with E-state index < -0.39 is 0 Å². The fourth-order valence-corrected chi connectivity index (χ4v) is 2.10. The molecule has 0 unspecified atom stereocenters. The third-order valence-electron chi connectivity index (χ3n) is 3.28. The quantitative estimate of drug-likeness (QED) is 0.181. The highest BCUT2D eigenvalue weighted by molar-refractivity contribution is 5.66. The topological polar surface area (TPSA) is 26.3 Å². The Hall–Kier alpha value is -1.05. The van der Waals surface area contributed by atoms with Gasteiger partial charge in [-0.2, -0.15) is 0 Å². The van der Waals surface area contributed by atoms with Gasteiger partial charge in [0.15, 0.2) is 0 Å². The summed E-state index contributed by atoms with van der Waals surface area (Å²) in [5, 5.41) is 0. The van der Waals surface area contributed by atoms with Crippen molar-refractivity contribution in [3.63, 3.8) is 0 Å². The number of hydrogen-bond acceptors (Lipinski definition) is 2. The molecule has 0 amide bonds. The van der Waals surface area contributed by atoms with Gasteiger partial charge in [-0.1, -0.05) is 76.9 Å². The maximum Gasteiger partial charge on any atom is 0.307 e. The van der Waals surface area contributed by atoms with Gasteiger partial charge < -0.3 is 4.74 Å². The summed E-state index contributed by atoms with van der Waals surface area (Å²) in [6, 6.07) is 0. The lowest BCUT2D eigenvalue weighted by atomic mass is 10.1. The first kappa shape index (κ1) is 18.9. The number of rotatable bonds is 13. The highest BCUT2D eigenvalue weighted by Gasteiger charge is 1.91. The molecule has 0 N–H and O–H groups in total. The number of carbonyl (C=O) groups is 1. The summed E-state index contributed by atoms with van der Waals surface area (Å²) >= 11 is 0. The van der Waals surface area contributed by atoms with Crippen molar-refractivity contribution < 1.29 is 9.53 Å². The Morgan fingerprint density at radius 1 is 0.850 bits per heavy atom. The van der Waals surface area contributed by atoms with Gasteiger partial charge in [0.2, 0.25) is 0 Å². The highest BCUT2D eigenvalue weighted by Crippen LogP contribution is 2.11. The van der Waals surface area contributed by atoms with E-state index >= 15 is 0 Å². The average molecular weight is 280 g/mol. The van der Waals surface area contributed by atoms with Gasteiger partial charge in [0.05, 0.1) is 6.26 Å². The summed E-state index contributed by atoms with van der Waals surface area (Å²) in [4.78, 5) is 10.5. The van der Waals surface area contributed by atoms with Crippen LogP contribution in [0.4, 0.5) is 0 Å². The summed E-state index contributed by atoms with van der Waals surface area (Å²) in [6.45, 7) is 3.67. The van der Waals surface area contributed by atoms with Crippen LogP contribution in [0.1, 0.15) is 84.5 Å². The first-order chi connectivity index (χ1) is 9.77. The minimum absolute atomic E-state index is 0.274. The van der Waals surface area contributed by atoms with E-state index in [-0.39, 0.29) is 5.97 Å². The van der Waals surface area contributed by atoms with Crippen molar-refractivity contribution in [1.29, 1.82) is 0 Å². The predicted molar refractivity (Wildman–Crippen MR) is 86.5 cm³/mol. The standard InChI is InChI=1S/C18H32O2/c1-3-4-5-6-7-8-9-10-11-12-13-14-15-16-17-20-18(2)19/h14-17H,3-13H2,1-2H3/b15-14+,17-16?. The third kappa shape index (κ3) is 16.9. The van der Waals surface area contributed by atoms with Crippen molar-refractivity contribution in [2.45, 2.75) is 84.5 Å². The summed E-state index contributed by atoms with van der Waals surface area (Å²) in [5.74, 6) is -0.274. The van der Waals surface area contributed by atoms with Crippen molar-refractivity contribution in [3.05, 3.63) is 24.5 Å². The molecule has 0 aromatic rings. The van der Waals surface area contributed by atoms with Crippen LogP contribution in [0.3, 0.4) is 0 Å². The van der Waals surface area contributed by atoms with Gasteiger partial charge in [-0.25, -0.2) is 0 Å². The summed E-state index contributed by atoms with van der Waals surface area (Å²) in [6.07, 6.45) is 22.1. The Bertz CT molecular complexity index is 267. The third-order valence-corrected chi connectivity index (χ3v) is 3.28. The molecule has 0 aliphatic carbocycles. The number of hydrogen-bond donors (Lipinski definition) is 0.